The standard InChI is InChI=1S/C52H56F3N11O7/c1-73-40-14-13-34(27-39(40)65-26-20-43(68)61-51(65)72)50(71)64-23-17-31(18-24-64)8-15-44(69)63-22-3-2-5-35-30-58-48(56)45-46(62-66(47(35)45)38-7-4-6-37(29-38)59-42(67)19-25-63)32-9-11-33(12-10-32)49(70)60-41-28-36(16-21-57-41)52(53,54)55/h2,5,9-14,16,21,27-28,30-31,37-38H,3-4,6-8,15,17-20,22-26,29H2,1H3,(H2,56,58)(H,59,67)(H,57,60,70)(H,61,68,72)/b5-2+/t37-,38-/m1/s1. The fourth-order valence-corrected chi connectivity index (χ4v) is 10.2. The smallest absolute Gasteiger partial charge is 0.416 e. The Morgan fingerprint density at radius 2 is 1.64 bits per heavy atom. The highest BCUT2D eigenvalue weighted by atomic mass is 19.4. The Bertz CT molecular complexity index is 2970. The summed E-state index contributed by atoms with van der Waals surface area (Å²) in [4.78, 5) is 92.1. The number of imide groups is 1. The molecule has 1 aliphatic carbocycles. The first-order chi connectivity index (χ1) is 35.1. The van der Waals surface area contributed by atoms with Crippen LogP contribution in [-0.4, -0.2) is 111 Å². The summed E-state index contributed by atoms with van der Waals surface area (Å²) in [5.74, 6) is -0.758. The van der Waals surface area contributed by atoms with Crippen LogP contribution in [0.2, 0.25) is 0 Å². The average Bonchev–Trinajstić information content (AvgIpc) is 3.80. The molecule has 3 fully saturated rings. The summed E-state index contributed by atoms with van der Waals surface area (Å²) >= 11 is 0. The van der Waals surface area contributed by atoms with Gasteiger partial charge in [-0.25, -0.2) is 14.8 Å². The number of aromatic nitrogens is 4. The quantitative estimate of drug-likeness (QED) is 0.114. The number of pyridine rings is 2. The van der Waals surface area contributed by atoms with E-state index in [2.05, 4.69) is 25.9 Å². The average molecular weight is 1000 g/mol. The van der Waals surface area contributed by atoms with Crippen molar-refractivity contribution >= 4 is 69.9 Å². The summed E-state index contributed by atoms with van der Waals surface area (Å²) in [5, 5.41) is 13.7. The van der Waals surface area contributed by atoms with Crippen LogP contribution in [0.1, 0.15) is 109 Å². The maximum Gasteiger partial charge on any atom is 0.416 e. The largest absolute Gasteiger partial charge is 0.495 e. The minimum absolute atomic E-state index is 0.0500. The highest BCUT2D eigenvalue weighted by molar-refractivity contribution is 6.08. The number of alkyl halides is 3. The number of carbonyl (C=O) groups excluding carboxylic acids is 6. The van der Waals surface area contributed by atoms with E-state index >= 15 is 0 Å². The molecule has 7 amide bonds. The van der Waals surface area contributed by atoms with Gasteiger partial charge >= 0.3 is 12.2 Å². The zero-order valence-electron chi connectivity index (χ0n) is 40.3. The van der Waals surface area contributed by atoms with Gasteiger partial charge in [0.15, 0.2) is 0 Å². The number of anilines is 3. The first-order valence-corrected chi connectivity index (χ1v) is 24.6. The van der Waals surface area contributed by atoms with Crippen LogP contribution >= 0.6 is 0 Å². The second-order valence-electron chi connectivity index (χ2n) is 18.9. The van der Waals surface area contributed by atoms with E-state index in [-0.39, 0.29) is 84.8 Å². The van der Waals surface area contributed by atoms with Crippen LogP contribution in [-0.2, 0) is 20.6 Å². The molecule has 5 aromatic rings. The van der Waals surface area contributed by atoms with Gasteiger partial charge in [-0.05, 0) is 99.7 Å². The third kappa shape index (κ3) is 11.3. The summed E-state index contributed by atoms with van der Waals surface area (Å²) in [6.45, 7) is 1.81. The number of hydrogen-bond acceptors (Lipinski definition) is 11. The Balaban J connectivity index is 0.867. The molecule has 0 radical (unpaired) electrons. The molecule has 2 atom stereocenters. The SMILES string of the molecule is COc1ccc(C(=O)N2CCC(CCC(=O)N3CC/C=C/c4cnc(N)c5c(-c6ccc(C(=O)Nc7cc(C(F)(F)F)ccn7)cc6)nn(c45)[C@@H]4CCC[C@H](C4)NC(=O)CC3)CC2)cc1N1CCC(=O)NC1=O. The van der Waals surface area contributed by atoms with Gasteiger partial charge in [0.1, 0.15) is 23.1 Å². The number of fused-ring (bicyclic) bond motifs is 3. The molecule has 3 aromatic heterocycles. The minimum atomic E-state index is -4.60. The summed E-state index contributed by atoms with van der Waals surface area (Å²) in [5.41, 5.74) is 9.35. The molecular formula is C52H56F3N11O7. The number of hydrogen-bond donors (Lipinski definition) is 4. The Kier molecular flexibility index (Phi) is 14.7. The highest BCUT2D eigenvalue weighted by Crippen LogP contribution is 2.40. The van der Waals surface area contributed by atoms with E-state index in [1.165, 1.54) is 12.0 Å². The summed E-state index contributed by atoms with van der Waals surface area (Å²) in [7, 11) is 1.48. The van der Waals surface area contributed by atoms with E-state index in [9.17, 15) is 41.9 Å². The predicted molar refractivity (Wildman–Crippen MR) is 265 cm³/mol. The third-order valence-corrected chi connectivity index (χ3v) is 14.2. The number of likely N-dealkylation sites (tertiary alicyclic amines) is 1. The maximum atomic E-state index is 14.0. The number of nitrogens with two attached hydrogens (primary N) is 1. The molecule has 0 spiro atoms. The fourth-order valence-electron chi connectivity index (χ4n) is 10.2. The van der Waals surface area contributed by atoms with Crippen LogP contribution < -0.4 is 31.3 Å². The van der Waals surface area contributed by atoms with Crippen molar-refractivity contribution in [1.29, 1.82) is 0 Å². The topological polar surface area (TPSA) is 227 Å². The van der Waals surface area contributed by atoms with Crippen molar-refractivity contribution in [3.05, 3.63) is 95.3 Å². The molecular weight excluding hydrogens is 948 g/mol. The molecule has 1 saturated carbocycles. The minimum Gasteiger partial charge on any atom is -0.495 e. The van der Waals surface area contributed by atoms with Gasteiger partial charge in [0.05, 0.1) is 35.3 Å². The summed E-state index contributed by atoms with van der Waals surface area (Å²) in [6.07, 6.45) is 8.10. The van der Waals surface area contributed by atoms with Gasteiger partial charge in [0, 0.05) is 92.7 Å². The lowest BCUT2D eigenvalue weighted by Crippen LogP contribution is -2.49. The molecule has 73 heavy (non-hydrogen) atoms. The fraction of sp³-hybridized carbons (Fsp3) is 0.404. The number of halogens is 3. The Morgan fingerprint density at radius 1 is 0.877 bits per heavy atom. The monoisotopic (exact) mass is 1000 g/mol. The van der Waals surface area contributed by atoms with Crippen molar-refractivity contribution in [3.63, 3.8) is 0 Å². The lowest BCUT2D eigenvalue weighted by Gasteiger charge is -2.33. The van der Waals surface area contributed by atoms with Crippen LogP contribution in [0.5, 0.6) is 5.75 Å². The number of rotatable bonds is 9. The summed E-state index contributed by atoms with van der Waals surface area (Å²) < 4.78 is 47.3. The van der Waals surface area contributed by atoms with Crippen LogP contribution in [0, 0.1) is 5.92 Å². The van der Waals surface area contributed by atoms with Gasteiger partial charge in [-0.3, -0.25) is 38.9 Å². The maximum absolute atomic E-state index is 14.0. The summed E-state index contributed by atoms with van der Waals surface area (Å²) in [6, 6.07) is 12.2. The van der Waals surface area contributed by atoms with Gasteiger partial charge in [-0.2, -0.15) is 18.3 Å². The molecule has 6 heterocycles. The predicted octanol–water partition coefficient (Wildman–Crippen LogP) is 7.37. The van der Waals surface area contributed by atoms with Crippen molar-refractivity contribution in [1.82, 2.24) is 40.2 Å². The third-order valence-electron chi connectivity index (χ3n) is 14.2. The van der Waals surface area contributed by atoms with E-state index in [1.54, 1.807) is 58.5 Å². The lowest BCUT2D eigenvalue weighted by molar-refractivity contribution is -0.137. The molecule has 2 bridgehead atoms. The number of piperidine rings is 1. The second-order valence-corrected chi connectivity index (χ2v) is 18.9. The number of methoxy groups -OCH3 is 1. The number of nitrogens with zero attached hydrogens (tertiary/aromatic N) is 7. The van der Waals surface area contributed by atoms with Crippen molar-refractivity contribution < 1.29 is 46.7 Å². The normalized spacial score (nSPS) is 19.6. The Labute approximate surface area is 418 Å². The van der Waals surface area contributed by atoms with E-state index < -0.39 is 23.7 Å². The van der Waals surface area contributed by atoms with Crippen LogP contribution in [0.4, 0.5) is 35.3 Å². The Hall–Kier alpha value is -7.84. The van der Waals surface area contributed by atoms with Gasteiger partial charge in [0.2, 0.25) is 17.7 Å². The van der Waals surface area contributed by atoms with Gasteiger partial charge in [-0.1, -0.05) is 24.3 Å². The molecule has 2 aromatic carbocycles. The molecule has 382 valence electrons. The first kappa shape index (κ1) is 50.1. The molecule has 18 nitrogen and oxygen atoms in total. The van der Waals surface area contributed by atoms with Gasteiger partial charge < -0.3 is 30.9 Å². The van der Waals surface area contributed by atoms with E-state index in [4.69, 9.17) is 15.6 Å². The molecule has 0 unspecified atom stereocenters. The van der Waals surface area contributed by atoms with E-state index in [0.29, 0.717) is 91.8 Å². The van der Waals surface area contributed by atoms with Crippen molar-refractivity contribution in [3.8, 4) is 17.0 Å². The molecule has 2 saturated heterocycles. The van der Waals surface area contributed by atoms with Crippen LogP contribution in [0.3, 0.4) is 0 Å². The molecule has 3 aliphatic heterocycles. The van der Waals surface area contributed by atoms with Gasteiger partial charge in [0.25, 0.3) is 11.8 Å². The first-order valence-electron chi connectivity index (χ1n) is 24.6. The molecule has 5 N–H and O–H groups in total. The van der Waals surface area contributed by atoms with Crippen molar-refractivity contribution in [2.45, 2.75) is 88.9 Å². The number of urea groups is 1. The highest BCUT2D eigenvalue weighted by Gasteiger charge is 2.33. The van der Waals surface area contributed by atoms with Crippen molar-refractivity contribution in [2.24, 2.45) is 5.92 Å². The number of ether oxygens (including phenoxy) is 1. The van der Waals surface area contributed by atoms with Crippen molar-refractivity contribution in [2.75, 3.05) is 55.8 Å². The van der Waals surface area contributed by atoms with E-state index in [1.807, 2.05) is 16.8 Å². The zero-order chi connectivity index (χ0) is 51.4. The van der Waals surface area contributed by atoms with Crippen LogP contribution in [0.25, 0.3) is 28.2 Å². The second kappa shape index (κ2) is 21.5. The number of nitrogen functional groups attached to an aromatic ring is 1. The molecule has 9 rings (SSSR count). The number of carbonyl (C=O) groups is 6. The number of benzene rings is 2. The molecule has 21 heteroatoms. The lowest BCUT2D eigenvalue weighted by atomic mass is 9.90. The van der Waals surface area contributed by atoms with Gasteiger partial charge in [-0.15, -0.1) is 0 Å². The Morgan fingerprint density at radius 3 is 2.40 bits per heavy atom. The zero-order valence-corrected chi connectivity index (χ0v) is 40.3. The molecule has 4 aliphatic rings. The van der Waals surface area contributed by atoms with Crippen LogP contribution in [0.15, 0.2) is 73.1 Å². The number of amides is 7. The van der Waals surface area contributed by atoms with E-state index in [0.717, 1.165) is 48.7 Å². The number of nitrogens with one attached hydrogen (secondary N) is 3.